The molecule has 1 aliphatic carbocycles. The summed E-state index contributed by atoms with van der Waals surface area (Å²) in [6.07, 6.45) is 7.40. The molecule has 20 heavy (non-hydrogen) atoms. The van der Waals surface area contributed by atoms with Gasteiger partial charge in [0.2, 0.25) is 5.91 Å². The first-order valence-electron chi connectivity index (χ1n) is 7.46. The summed E-state index contributed by atoms with van der Waals surface area (Å²) in [5.41, 5.74) is 1.90. The Morgan fingerprint density at radius 3 is 2.65 bits per heavy atom. The molecule has 0 aliphatic heterocycles. The molecule has 1 aromatic heterocycles. The molecule has 1 amide bonds. The molecule has 2 rings (SSSR count). The van der Waals surface area contributed by atoms with Crippen LogP contribution in [0.25, 0.3) is 0 Å². The molecule has 1 heterocycles. The Morgan fingerprint density at radius 2 is 2.00 bits per heavy atom. The van der Waals surface area contributed by atoms with Gasteiger partial charge in [-0.25, -0.2) is 0 Å². The molecule has 0 saturated carbocycles. The van der Waals surface area contributed by atoms with Gasteiger partial charge in [0, 0.05) is 11.3 Å². The summed E-state index contributed by atoms with van der Waals surface area (Å²) in [5.74, 6) is 0.354. The first-order chi connectivity index (χ1) is 9.61. The maximum Gasteiger partial charge on any atom is 0.225 e. The van der Waals surface area contributed by atoms with E-state index in [1.807, 2.05) is 13.8 Å². The minimum Gasteiger partial charge on any atom is -0.317 e. The van der Waals surface area contributed by atoms with Gasteiger partial charge in [0.1, 0.15) is 11.1 Å². The molecule has 0 atom stereocenters. The lowest BCUT2D eigenvalue weighted by atomic mass is 9.97. The second kappa shape index (κ2) is 6.90. The molecule has 0 bridgehead atoms. The Morgan fingerprint density at radius 1 is 1.30 bits per heavy atom. The Bertz CT molecular complexity index is 525. The van der Waals surface area contributed by atoms with Crippen molar-refractivity contribution in [3.8, 4) is 6.07 Å². The topological polar surface area (TPSA) is 52.9 Å². The average molecular weight is 290 g/mol. The largest absolute Gasteiger partial charge is 0.317 e. The van der Waals surface area contributed by atoms with Crippen LogP contribution in [0.1, 0.15) is 62.0 Å². The number of nitriles is 1. The SMILES string of the molecule is CC(C)CC(=O)Nc1sc2c(c1C#N)CCCCCC2. The van der Waals surface area contributed by atoms with Gasteiger partial charge in [-0.3, -0.25) is 4.79 Å². The van der Waals surface area contributed by atoms with E-state index in [1.54, 1.807) is 11.3 Å². The maximum absolute atomic E-state index is 11.9. The Kier molecular flexibility index (Phi) is 5.19. The fraction of sp³-hybridized carbons (Fsp3) is 0.625. The summed E-state index contributed by atoms with van der Waals surface area (Å²) < 4.78 is 0. The van der Waals surface area contributed by atoms with Gasteiger partial charge in [-0.05, 0) is 37.2 Å². The van der Waals surface area contributed by atoms with Gasteiger partial charge >= 0.3 is 0 Å². The molecule has 0 aromatic carbocycles. The molecular weight excluding hydrogens is 268 g/mol. The first kappa shape index (κ1) is 15.1. The first-order valence-corrected chi connectivity index (χ1v) is 8.28. The van der Waals surface area contributed by atoms with E-state index in [2.05, 4.69) is 11.4 Å². The Hall–Kier alpha value is -1.34. The van der Waals surface area contributed by atoms with Gasteiger partial charge in [-0.1, -0.05) is 26.7 Å². The second-order valence-corrected chi connectivity index (χ2v) is 6.99. The molecule has 0 radical (unpaired) electrons. The monoisotopic (exact) mass is 290 g/mol. The summed E-state index contributed by atoms with van der Waals surface area (Å²) in [4.78, 5) is 13.2. The predicted octanol–water partition coefficient (Wildman–Crippen LogP) is 4.26. The van der Waals surface area contributed by atoms with Gasteiger partial charge in [0.25, 0.3) is 0 Å². The lowest BCUT2D eigenvalue weighted by Gasteiger charge is -2.08. The van der Waals surface area contributed by atoms with Crippen LogP contribution in [0.4, 0.5) is 5.00 Å². The fourth-order valence-electron chi connectivity index (χ4n) is 2.67. The summed E-state index contributed by atoms with van der Waals surface area (Å²) in [6.45, 7) is 4.05. The molecular formula is C16H22N2OS. The van der Waals surface area contributed by atoms with Crippen molar-refractivity contribution in [1.29, 1.82) is 5.26 Å². The van der Waals surface area contributed by atoms with Gasteiger partial charge in [-0.15, -0.1) is 11.3 Å². The van der Waals surface area contributed by atoms with Crippen molar-refractivity contribution in [1.82, 2.24) is 0 Å². The number of nitrogens with one attached hydrogen (secondary N) is 1. The molecule has 3 nitrogen and oxygen atoms in total. The van der Waals surface area contributed by atoms with Crippen molar-refractivity contribution in [2.75, 3.05) is 5.32 Å². The summed E-state index contributed by atoms with van der Waals surface area (Å²) in [6, 6.07) is 2.31. The van der Waals surface area contributed by atoms with E-state index in [0.717, 1.165) is 24.3 Å². The third-order valence-electron chi connectivity index (χ3n) is 3.63. The van der Waals surface area contributed by atoms with Crippen molar-refractivity contribution in [2.24, 2.45) is 5.92 Å². The number of carbonyl (C=O) groups is 1. The third-order valence-corrected chi connectivity index (χ3v) is 4.84. The molecule has 0 fully saturated rings. The number of amides is 1. The number of fused-ring (bicyclic) bond motifs is 1. The van der Waals surface area contributed by atoms with Crippen molar-refractivity contribution in [3.05, 3.63) is 16.0 Å². The van der Waals surface area contributed by atoms with Crippen LogP contribution in [-0.4, -0.2) is 5.91 Å². The van der Waals surface area contributed by atoms with Crippen LogP contribution in [0.15, 0.2) is 0 Å². The number of thiophene rings is 1. The molecule has 1 aliphatic rings. The van der Waals surface area contributed by atoms with Crippen molar-refractivity contribution < 1.29 is 4.79 Å². The smallest absolute Gasteiger partial charge is 0.225 e. The van der Waals surface area contributed by atoms with Crippen molar-refractivity contribution >= 4 is 22.2 Å². The van der Waals surface area contributed by atoms with Crippen LogP contribution in [0.2, 0.25) is 0 Å². The van der Waals surface area contributed by atoms with E-state index in [1.165, 1.54) is 29.7 Å². The van der Waals surface area contributed by atoms with Gasteiger partial charge < -0.3 is 5.32 Å². The van der Waals surface area contributed by atoms with Crippen LogP contribution in [0.5, 0.6) is 0 Å². The van der Waals surface area contributed by atoms with Gasteiger partial charge in [0.15, 0.2) is 0 Å². The van der Waals surface area contributed by atoms with Crippen LogP contribution in [-0.2, 0) is 17.6 Å². The highest BCUT2D eigenvalue weighted by Crippen LogP contribution is 2.36. The molecule has 0 saturated heterocycles. The van der Waals surface area contributed by atoms with Crippen molar-refractivity contribution in [3.63, 3.8) is 0 Å². The standard InChI is InChI=1S/C16H22N2OS/c1-11(2)9-15(19)18-16-13(10-17)12-7-5-3-4-6-8-14(12)20-16/h11H,3-9H2,1-2H3,(H,18,19). The number of rotatable bonds is 3. The highest BCUT2D eigenvalue weighted by molar-refractivity contribution is 7.16. The number of hydrogen-bond acceptors (Lipinski definition) is 3. The predicted molar refractivity (Wildman–Crippen MR) is 83.0 cm³/mol. The lowest BCUT2D eigenvalue weighted by Crippen LogP contribution is -2.13. The second-order valence-electron chi connectivity index (χ2n) is 5.88. The number of anilines is 1. The van der Waals surface area contributed by atoms with Crippen molar-refractivity contribution in [2.45, 2.75) is 58.8 Å². The number of nitrogens with zero attached hydrogens (tertiary/aromatic N) is 1. The summed E-state index contributed by atoms with van der Waals surface area (Å²) in [5, 5.41) is 13.1. The Labute approximate surface area is 125 Å². The van der Waals surface area contributed by atoms with E-state index < -0.39 is 0 Å². The fourth-order valence-corrected chi connectivity index (χ4v) is 3.93. The van der Waals surface area contributed by atoms with Gasteiger partial charge in [-0.2, -0.15) is 5.26 Å². The van der Waals surface area contributed by atoms with Crippen LogP contribution >= 0.6 is 11.3 Å². The molecule has 1 aromatic rings. The zero-order valence-corrected chi connectivity index (χ0v) is 13.1. The molecule has 4 heteroatoms. The number of carbonyl (C=O) groups excluding carboxylic acids is 1. The molecule has 0 spiro atoms. The summed E-state index contributed by atoms with van der Waals surface area (Å²) in [7, 11) is 0. The van der Waals surface area contributed by atoms with E-state index in [0.29, 0.717) is 17.9 Å². The molecule has 0 unspecified atom stereocenters. The molecule has 1 N–H and O–H groups in total. The van der Waals surface area contributed by atoms with Crippen LogP contribution in [0, 0.1) is 17.2 Å². The van der Waals surface area contributed by atoms with Gasteiger partial charge in [0.05, 0.1) is 5.56 Å². The lowest BCUT2D eigenvalue weighted by molar-refractivity contribution is -0.116. The zero-order valence-electron chi connectivity index (χ0n) is 12.3. The maximum atomic E-state index is 11.9. The minimum absolute atomic E-state index is 0.0192. The normalized spacial score (nSPS) is 15.1. The summed E-state index contributed by atoms with van der Waals surface area (Å²) >= 11 is 1.61. The highest BCUT2D eigenvalue weighted by Gasteiger charge is 2.20. The van der Waals surface area contributed by atoms with E-state index >= 15 is 0 Å². The quantitative estimate of drug-likeness (QED) is 0.904. The molecule has 108 valence electrons. The minimum atomic E-state index is 0.0192. The van der Waals surface area contributed by atoms with E-state index in [9.17, 15) is 10.1 Å². The van der Waals surface area contributed by atoms with Crippen LogP contribution in [0.3, 0.4) is 0 Å². The highest BCUT2D eigenvalue weighted by atomic mass is 32.1. The number of aryl methyl sites for hydroxylation is 1. The van der Waals surface area contributed by atoms with E-state index in [-0.39, 0.29) is 5.91 Å². The Balaban J connectivity index is 2.23. The third kappa shape index (κ3) is 3.61. The number of hydrogen-bond donors (Lipinski definition) is 1. The average Bonchev–Trinajstić information content (AvgIpc) is 2.64. The van der Waals surface area contributed by atoms with Crippen LogP contribution < -0.4 is 5.32 Å². The van der Waals surface area contributed by atoms with E-state index in [4.69, 9.17) is 0 Å². The zero-order chi connectivity index (χ0) is 14.5.